The van der Waals surface area contributed by atoms with Gasteiger partial charge in [0.1, 0.15) is 0 Å². The Labute approximate surface area is 112 Å². The van der Waals surface area contributed by atoms with Gasteiger partial charge in [-0.05, 0) is 25.0 Å². The van der Waals surface area contributed by atoms with Crippen LogP contribution in [0.5, 0.6) is 0 Å². The van der Waals surface area contributed by atoms with E-state index in [1.807, 2.05) is 0 Å². The normalized spacial score (nSPS) is 15.4. The van der Waals surface area contributed by atoms with Crippen LogP contribution in [0.3, 0.4) is 0 Å². The Bertz CT molecular complexity index is 421. The van der Waals surface area contributed by atoms with Gasteiger partial charge in [0, 0.05) is 12.6 Å². The van der Waals surface area contributed by atoms with Crippen molar-refractivity contribution < 1.29 is 18.7 Å². The summed E-state index contributed by atoms with van der Waals surface area (Å²) >= 11 is 0. The number of carbonyl (C=O) groups excluding carboxylic acids is 2. The zero-order chi connectivity index (χ0) is 13.7. The molecular formula is C14H19NO4. The molecule has 2 rings (SSSR count). The van der Waals surface area contributed by atoms with Gasteiger partial charge in [0.2, 0.25) is 0 Å². The molecule has 1 heterocycles. The highest BCUT2D eigenvalue weighted by atomic mass is 16.5. The summed E-state index contributed by atoms with van der Waals surface area (Å²) in [5.41, 5.74) is 0. The maximum Gasteiger partial charge on any atom is 0.307 e. The van der Waals surface area contributed by atoms with E-state index in [1.54, 1.807) is 17.0 Å². The average Bonchev–Trinajstić information content (AvgIpc) is 3.11. The summed E-state index contributed by atoms with van der Waals surface area (Å²) in [7, 11) is 1.36. The van der Waals surface area contributed by atoms with Crippen molar-refractivity contribution in [2.75, 3.05) is 13.7 Å². The number of esters is 1. The van der Waals surface area contributed by atoms with Crippen LogP contribution in [0.1, 0.15) is 42.7 Å². The molecule has 0 saturated heterocycles. The standard InChI is InChI=1S/C14H19NO4/c1-18-13(16)8-9-15(11-5-2-3-6-11)14(17)12-7-4-10-19-12/h4,7,10-11H,2-3,5-6,8-9H2,1H3. The molecule has 1 fully saturated rings. The first kappa shape index (κ1) is 13.6. The molecule has 1 aliphatic rings. The summed E-state index contributed by atoms with van der Waals surface area (Å²) in [6, 6.07) is 3.56. The Kier molecular flexibility index (Phi) is 4.60. The fourth-order valence-electron chi connectivity index (χ4n) is 2.52. The summed E-state index contributed by atoms with van der Waals surface area (Å²) < 4.78 is 9.79. The molecule has 0 aliphatic heterocycles. The Morgan fingerprint density at radius 1 is 1.42 bits per heavy atom. The Hall–Kier alpha value is -1.78. The van der Waals surface area contributed by atoms with Gasteiger partial charge in [-0.25, -0.2) is 0 Å². The van der Waals surface area contributed by atoms with Crippen molar-refractivity contribution in [1.82, 2.24) is 4.90 Å². The number of methoxy groups -OCH3 is 1. The fraction of sp³-hybridized carbons (Fsp3) is 0.571. The van der Waals surface area contributed by atoms with E-state index in [2.05, 4.69) is 4.74 Å². The predicted octanol–water partition coefficient (Wildman–Crippen LogP) is 2.23. The summed E-state index contributed by atoms with van der Waals surface area (Å²) in [5.74, 6) is -0.104. The maximum absolute atomic E-state index is 12.4. The van der Waals surface area contributed by atoms with Crippen LogP contribution in [0.15, 0.2) is 22.8 Å². The van der Waals surface area contributed by atoms with Gasteiger partial charge < -0.3 is 14.1 Å². The number of hydrogen-bond donors (Lipinski definition) is 0. The van der Waals surface area contributed by atoms with Gasteiger partial charge in [0.05, 0.1) is 19.8 Å². The molecule has 0 bridgehead atoms. The van der Waals surface area contributed by atoms with Crippen molar-refractivity contribution in [2.45, 2.75) is 38.1 Å². The SMILES string of the molecule is COC(=O)CCN(C(=O)c1ccco1)C1CCCC1. The first-order valence-corrected chi connectivity index (χ1v) is 6.63. The van der Waals surface area contributed by atoms with E-state index in [4.69, 9.17) is 4.42 Å². The lowest BCUT2D eigenvalue weighted by molar-refractivity contribution is -0.140. The van der Waals surface area contributed by atoms with Gasteiger partial charge in [-0.15, -0.1) is 0 Å². The Balaban J connectivity index is 2.05. The van der Waals surface area contributed by atoms with E-state index in [9.17, 15) is 9.59 Å². The van der Waals surface area contributed by atoms with Crippen molar-refractivity contribution in [3.8, 4) is 0 Å². The number of nitrogens with zero attached hydrogens (tertiary/aromatic N) is 1. The number of hydrogen-bond acceptors (Lipinski definition) is 4. The van der Waals surface area contributed by atoms with E-state index in [0.29, 0.717) is 12.3 Å². The van der Waals surface area contributed by atoms with Crippen molar-refractivity contribution in [3.05, 3.63) is 24.2 Å². The quantitative estimate of drug-likeness (QED) is 0.766. The molecule has 0 radical (unpaired) electrons. The van der Waals surface area contributed by atoms with Gasteiger partial charge in [-0.2, -0.15) is 0 Å². The molecule has 104 valence electrons. The number of ether oxygens (including phenoxy) is 1. The van der Waals surface area contributed by atoms with Crippen LogP contribution in [0.4, 0.5) is 0 Å². The van der Waals surface area contributed by atoms with Crippen molar-refractivity contribution >= 4 is 11.9 Å². The van der Waals surface area contributed by atoms with Crippen LogP contribution in [0, 0.1) is 0 Å². The molecule has 0 unspecified atom stereocenters. The van der Waals surface area contributed by atoms with E-state index in [0.717, 1.165) is 25.7 Å². The third-order valence-corrected chi connectivity index (χ3v) is 3.54. The largest absolute Gasteiger partial charge is 0.469 e. The van der Waals surface area contributed by atoms with Crippen LogP contribution in [0.25, 0.3) is 0 Å². The van der Waals surface area contributed by atoms with Gasteiger partial charge in [0.15, 0.2) is 5.76 Å². The van der Waals surface area contributed by atoms with Crippen molar-refractivity contribution in [2.24, 2.45) is 0 Å². The number of carbonyl (C=O) groups is 2. The van der Waals surface area contributed by atoms with E-state index >= 15 is 0 Å². The minimum Gasteiger partial charge on any atom is -0.469 e. The van der Waals surface area contributed by atoms with Crippen LogP contribution in [-0.4, -0.2) is 36.5 Å². The summed E-state index contributed by atoms with van der Waals surface area (Å²) in [5, 5.41) is 0. The first-order chi connectivity index (χ1) is 9.22. The van der Waals surface area contributed by atoms with Crippen molar-refractivity contribution in [1.29, 1.82) is 0 Å². The summed E-state index contributed by atoms with van der Waals surface area (Å²) in [4.78, 5) is 25.4. The molecule has 0 spiro atoms. The lowest BCUT2D eigenvalue weighted by Gasteiger charge is -2.27. The lowest BCUT2D eigenvalue weighted by atomic mass is 10.2. The zero-order valence-electron chi connectivity index (χ0n) is 11.1. The minimum absolute atomic E-state index is 0.138. The van der Waals surface area contributed by atoms with Gasteiger partial charge in [0.25, 0.3) is 5.91 Å². The molecule has 19 heavy (non-hydrogen) atoms. The summed E-state index contributed by atoms with van der Waals surface area (Å²) in [6.45, 7) is 0.386. The zero-order valence-corrected chi connectivity index (χ0v) is 11.1. The molecule has 5 heteroatoms. The second-order valence-corrected chi connectivity index (χ2v) is 4.74. The average molecular weight is 265 g/mol. The molecule has 1 saturated carbocycles. The fourth-order valence-corrected chi connectivity index (χ4v) is 2.52. The second kappa shape index (κ2) is 6.41. The topological polar surface area (TPSA) is 59.8 Å². The molecule has 0 N–H and O–H groups in total. The summed E-state index contributed by atoms with van der Waals surface area (Å²) in [6.07, 6.45) is 5.96. The number of rotatable bonds is 5. The molecule has 0 atom stereocenters. The Morgan fingerprint density at radius 3 is 2.74 bits per heavy atom. The highest BCUT2D eigenvalue weighted by molar-refractivity contribution is 5.92. The third-order valence-electron chi connectivity index (χ3n) is 3.54. The molecule has 5 nitrogen and oxygen atoms in total. The highest BCUT2D eigenvalue weighted by Gasteiger charge is 2.29. The molecule has 1 aromatic rings. The van der Waals surface area contributed by atoms with E-state index in [-0.39, 0.29) is 24.3 Å². The van der Waals surface area contributed by atoms with Gasteiger partial charge in [-0.1, -0.05) is 12.8 Å². The van der Waals surface area contributed by atoms with Crippen LogP contribution < -0.4 is 0 Å². The van der Waals surface area contributed by atoms with Gasteiger partial charge in [-0.3, -0.25) is 9.59 Å². The molecule has 1 amide bonds. The Morgan fingerprint density at radius 2 is 2.16 bits per heavy atom. The molecular weight excluding hydrogens is 246 g/mol. The van der Waals surface area contributed by atoms with Crippen LogP contribution in [0.2, 0.25) is 0 Å². The first-order valence-electron chi connectivity index (χ1n) is 6.63. The predicted molar refractivity (Wildman–Crippen MR) is 68.6 cm³/mol. The highest BCUT2D eigenvalue weighted by Crippen LogP contribution is 2.25. The monoisotopic (exact) mass is 265 g/mol. The minimum atomic E-state index is -0.296. The van der Waals surface area contributed by atoms with Crippen LogP contribution >= 0.6 is 0 Å². The lowest BCUT2D eigenvalue weighted by Crippen LogP contribution is -2.40. The van der Waals surface area contributed by atoms with E-state index < -0.39 is 0 Å². The van der Waals surface area contributed by atoms with E-state index in [1.165, 1.54) is 13.4 Å². The van der Waals surface area contributed by atoms with Gasteiger partial charge >= 0.3 is 5.97 Å². The molecule has 0 aromatic carbocycles. The maximum atomic E-state index is 12.4. The molecule has 1 aliphatic carbocycles. The van der Waals surface area contributed by atoms with Crippen molar-refractivity contribution in [3.63, 3.8) is 0 Å². The second-order valence-electron chi connectivity index (χ2n) is 4.74. The smallest absolute Gasteiger partial charge is 0.307 e. The third kappa shape index (κ3) is 3.36. The van der Waals surface area contributed by atoms with Crippen LogP contribution in [-0.2, 0) is 9.53 Å². The molecule has 1 aromatic heterocycles. The number of amides is 1. The number of furan rings is 1.